The maximum atomic E-state index is 6.23. The largest absolute Gasteiger partial charge is 0.488 e. The fourth-order valence-corrected chi connectivity index (χ4v) is 3.74. The van der Waals surface area contributed by atoms with Crippen LogP contribution in [0.5, 0.6) is 5.75 Å². The number of nitrogens with zero attached hydrogens (tertiary/aromatic N) is 4. The number of rotatable bonds is 8. The zero-order valence-electron chi connectivity index (χ0n) is 18.2. The van der Waals surface area contributed by atoms with Crippen molar-refractivity contribution in [2.75, 3.05) is 6.61 Å². The van der Waals surface area contributed by atoms with Crippen LogP contribution in [-0.2, 0) is 18.0 Å². The molecule has 2 heterocycles. The molecule has 7 heteroatoms. The molecule has 0 amide bonds. The summed E-state index contributed by atoms with van der Waals surface area (Å²) in [6.45, 7) is 3.54. The van der Waals surface area contributed by atoms with E-state index >= 15 is 0 Å². The molecule has 1 N–H and O–H groups in total. The number of aromatic nitrogens is 5. The minimum absolute atomic E-state index is 0.453. The van der Waals surface area contributed by atoms with Crippen molar-refractivity contribution in [2.45, 2.75) is 20.1 Å². The molecule has 5 aromatic rings. The predicted molar refractivity (Wildman–Crippen MR) is 126 cm³/mol. The number of hydrogen-bond acceptors (Lipinski definition) is 6. The molecule has 0 saturated heterocycles. The van der Waals surface area contributed by atoms with E-state index in [1.54, 1.807) is 0 Å². The van der Waals surface area contributed by atoms with Crippen molar-refractivity contribution < 1.29 is 9.47 Å². The first-order valence-electron chi connectivity index (χ1n) is 10.8. The monoisotopic (exact) mass is 437 g/mol. The SMILES string of the molecule is CCOCc1cc(OCc2ccc(-c3ccccc3-c3nn[nH]n3)cc2)c2ccccc2n1. The molecule has 3 aromatic carbocycles. The zero-order chi connectivity index (χ0) is 22.5. The number of H-pyrrole nitrogens is 1. The van der Waals surface area contributed by atoms with Gasteiger partial charge in [-0.2, -0.15) is 5.21 Å². The lowest BCUT2D eigenvalue weighted by molar-refractivity contribution is 0.131. The van der Waals surface area contributed by atoms with E-state index in [4.69, 9.17) is 9.47 Å². The highest BCUT2D eigenvalue weighted by atomic mass is 16.5. The number of ether oxygens (including phenoxy) is 2. The van der Waals surface area contributed by atoms with Crippen LogP contribution in [0.2, 0.25) is 0 Å². The van der Waals surface area contributed by atoms with Gasteiger partial charge in [-0.1, -0.05) is 60.7 Å². The maximum Gasteiger partial charge on any atom is 0.205 e. The summed E-state index contributed by atoms with van der Waals surface area (Å²) in [5, 5.41) is 15.4. The molecule has 0 saturated carbocycles. The van der Waals surface area contributed by atoms with Gasteiger partial charge < -0.3 is 9.47 Å². The van der Waals surface area contributed by atoms with Crippen molar-refractivity contribution in [3.63, 3.8) is 0 Å². The average molecular weight is 438 g/mol. The highest BCUT2D eigenvalue weighted by Crippen LogP contribution is 2.30. The minimum Gasteiger partial charge on any atom is -0.488 e. The van der Waals surface area contributed by atoms with E-state index in [0.717, 1.165) is 44.6 Å². The third-order valence-corrected chi connectivity index (χ3v) is 5.36. The Morgan fingerprint density at radius 2 is 1.64 bits per heavy atom. The van der Waals surface area contributed by atoms with Gasteiger partial charge in [-0.15, -0.1) is 10.2 Å². The Labute approximate surface area is 191 Å². The van der Waals surface area contributed by atoms with Crippen LogP contribution in [0.4, 0.5) is 0 Å². The van der Waals surface area contributed by atoms with E-state index in [2.05, 4.69) is 55.9 Å². The van der Waals surface area contributed by atoms with E-state index in [9.17, 15) is 0 Å². The third-order valence-electron chi connectivity index (χ3n) is 5.36. The van der Waals surface area contributed by atoms with Crippen LogP contribution in [0.25, 0.3) is 33.4 Å². The van der Waals surface area contributed by atoms with Gasteiger partial charge in [0, 0.05) is 23.6 Å². The Hall–Kier alpha value is -4.10. The Morgan fingerprint density at radius 3 is 2.42 bits per heavy atom. The molecule has 164 valence electrons. The van der Waals surface area contributed by atoms with Crippen molar-refractivity contribution in [3.05, 3.63) is 90.1 Å². The van der Waals surface area contributed by atoms with E-state index in [1.165, 1.54) is 0 Å². The molecule has 0 bridgehead atoms. The number of nitrogens with one attached hydrogen (secondary N) is 1. The first-order chi connectivity index (χ1) is 16.3. The molecule has 7 nitrogen and oxygen atoms in total. The Kier molecular flexibility index (Phi) is 6.04. The van der Waals surface area contributed by atoms with Crippen LogP contribution in [0.3, 0.4) is 0 Å². The lowest BCUT2D eigenvalue weighted by Crippen LogP contribution is -2.00. The number of tetrazole rings is 1. The Bertz CT molecular complexity index is 1350. The second-order valence-electron chi connectivity index (χ2n) is 7.53. The van der Waals surface area contributed by atoms with Gasteiger partial charge in [-0.25, -0.2) is 0 Å². The fraction of sp³-hybridized carbons (Fsp3) is 0.154. The van der Waals surface area contributed by atoms with Gasteiger partial charge in [-0.05, 0) is 41.0 Å². The number of para-hydroxylation sites is 1. The molecule has 2 aromatic heterocycles. The summed E-state index contributed by atoms with van der Waals surface area (Å²) >= 11 is 0. The van der Waals surface area contributed by atoms with Crippen LogP contribution in [0.15, 0.2) is 78.9 Å². The first kappa shape index (κ1) is 20.8. The smallest absolute Gasteiger partial charge is 0.205 e. The maximum absolute atomic E-state index is 6.23. The highest BCUT2D eigenvalue weighted by molar-refractivity contribution is 5.85. The van der Waals surface area contributed by atoms with Crippen LogP contribution in [-0.4, -0.2) is 32.2 Å². The predicted octanol–water partition coefficient (Wildman–Crippen LogP) is 5.20. The summed E-state index contributed by atoms with van der Waals surface area (Å²) in [6.07, 6.45) is 0. The van der Waals surface area contributed by atoms with Crippen LogP contribution < -0.4 is 4.74 Å². The van der Waals surface area contributed by atoms with Gasteiger partial charge in [-0.3, -0.25) is 4.98 Å². The summed E-state index contributed by atoms with van der Waals surface area (Å²) in [5.41, 5.74) is 5.89. The lowest BCUT2D eigenvalue weighted by atomic mass is 9.98. The Morgan fingerprint density at radius 1 is 0.848 bits per heavy atom. The van der Waals surface area contributed by atoms with Gasteiger partial charge in [0.15, 0.2) is 0 Å². The molecule has 0 aliphatic heterocycles. The van der Waals surface area contributed by atoms with E-state index in [0.29, 0.717) is 25.6 Å². The van der Waals surface area contributed by atoms with Crippen LogP contribution >= 0.6 is 0 Å². The minimum atomic E-state index is 0.453. The normalized spacial score (nSPS) is 11.1. The number of benzene rings is 3. The summed E-state index contributed by atoms with van der Waals surface area (Å²) < 4.78 is 11.8. The van der Waals surface area contributed by atoms with Gasteiger partial charge in [0.1, 0.15) is 12.4 Å². The van der Waals surface area contributed by atoms with Crippen molar-refractivity contribution in [2.24, 2.45) is 0 Å². The highest BCUT2D eigenvalue weighted by Gasteiger charge is 2.11. The van der Waals surface area contributed by atoms with Gasteiger partial charge in [0.05, 0.1) is 17.8 Å². The molecule has 0 spiro atoms. The molecule has 5 rings (SSSR count). The molecule has 0 aliphatic carbocycles. The van der Waals surface area contributed by atoms with E-state index in [-0.39, 0.29) is 0 Å². The molecule has 0 aliphatic rings. The lowest BCUT2D eigenvalue weighted by Gasteiger charge is -2.12. The molecular formula is C26H23N5O2. The second kappa shape index (κ2) is 9.58. The number of hydrogen-bond donors (Lipinski definition) is 1. The molecular weight excluding hydrogens is 414 g/mol. The molecule has 0 fully saturated rings. The summed E-state index contributed by atoms with van der Waals surface area (Å²) in [5.74, 6) is 1.38. The van der Waals surface area contributed by atoms with Crippen LogP contribution in [0.1, 0.15) is 18.2 Å². The molecule has 0 unspecified atom stereocenters. The number of aromatic amines is 1. The standard InChI is InChI=1S/C26H23N5O2/c1-2-32-17-20-15-25(23-9-5-6-10-24(23)27-20)33-16-18-11-13-19(14-12-18)21-7-3-4-8-22(21)26-28-30-31-29-26/h3-15H,2,16-17H2,1H3,(H,28,29,30,31). The average Bonchev–Trinajstić information content (AvgIpc) is 3.41. The van der Waals surface area contributed by atoms with E-state index < -0.39 is 0 Å². The van der Waals surface area contributed by atoms with Gasteiger partial charge in [0.2, 0.25) is 5.82 Å². The topological polar surface area (TPSA) is 85.8 Å². The fourth-order valence-electron chi connectivity index (χ4n) is 3.74. The first-order valence-corrected chi connectivity index (χ1v) is 10.8. The van der Waals surface area contributed by atoms with Gasteiger partial charge in [0.25, 0.3) is 0 Å². The van der Waals surface area contributed by atoms with Gasteiger partial charge >= 0.3 is 0 Å². The summed E-state index contributed by atoms with van der Waals surface area (Å²) in [4.78, 5) is 4.68. The van der Waals surface area contributed by atoms with Crippen molar-refractivity contribution in [1.29, 1.82) is 0 Å². The Balaban J connectivity index is 1.37. The van der Waals surface area contributed by atoms with E-state index in [1.807, 2.05) is 55.5 Å². The third kappa shape index (κ3) is 4.58. The number of pyridine rings is 1. The zero-order valence-corrected chi connectivity index (χ0v) is 18.2. The molecule has 0 atom stereocenters. The number of fused-ring (bicyclic) bond motifs is 1. The molecule has 0 radical (unpaired) electrons. The quantitative estimate of drug-likeness (QED) is 0.359. The van der Waals surface area contributed by atoms with Crippen molar-refractivity contribution >= 4 is 10.9 Å². The van der Waals surface area contributed by atoms with Crippen LogP contribution in [0, 0.1) is 0 Å². The van der Waals surface area contributed by atoms with Crippen molar-refractivity contribution in [3.8, 4) is 28.3 Å². The second-order valence-corrected chi connectivity index (χ2v) is 7.53. The summed E-state index contributed by atoms with van der Waals surface area (Å²) in [6, 6.07) is 26.3. The van der Waals surface area contributed by atoms with Crippen molar-refractivity contribution in [1.82, 2.24) is 25.6 Å². The summed E-state index contributed by atoms with van der Waals surface area (Å²) in [7, 11) is 0. The molecule has 33 heavy (non-hydrogen) atoms.